The summed E-state index contributed by atoms with van der Waals surface area (Å²) >= 11 is 0. The van der Waals surface area contributed by atoms with E-state index in [-0.39, 0.29) is 24.6 Å². The Balaban J connectivity index is 1.78. The lowest BCUT2D eigenvalue weighted by Crippen LogP contribution is -2.44. The summed E-state index contributed by atoms with van der Waals surface area (Å²) in [5.74, 6) is 0.215. The van der Waals surface area contributed by atoms with E-state index >= 15 is 0 Å². The number of rotatable bonds is 11. The van der Waals surface area contributed by atoms with Gasteiger partial charge in [0.2, 0.25) is 11.8 Å². The molecule has 0 aliphatic heterocycles. The molecule has 214 valence electrons. The summed E-state index contributed by atoms with van der Waals surface area (Å²) in [6, 6.07) is 4.07. The average Bonchev–Trinajstić information content (AvgIpc) is 3.29. The summed E-state index contributed by atoms with van der Waals surface area (Å²) < 4.78 is 6.08. The molecule has 40 heavy (non-hydrogen) atoms. The van der Waals surface area contributed by atoms with Gasteiger partial charge in [-0.1, -0.05) is 19.9 Å². The lowest BCUT2D eigenvalue weighted by molar-refractivity contribution is -0.123. The molecule has 0 radical (unpaired) electrons. The van der Waals surface area contributed by atoms with Gasteiger partial charge in [-0.15, -0.1) is 0 Å². The fourth-order valence-electron chi connectivity index (χ4n) is 4.08. The number of allylic oxidation sites excluding steroid dienone is 1. The molecule has 3 aromatic rings. The summed E-state index contributed by atoms with van der Waals surface area (Å²) in [6.45, 7) is 6.34. The Morgan fingerprint density at radius 2 is 1.98 bits per heavy atom. The van der Waals surface area contributed by atoms with Crippen LogP contribution in [0.4, 0.5) is 10.5 Å². The van der Waals surface area contributed by atoms with Crippen LogP contribution in [-0.2, 0) is 27.3 Å². The zero-order valence-corrected chi connectivity index (χ0v) is 23.8. The molecule has 12 nitrogen and oxygen atoms in total. The molecule has 1 atom stereocenters. The zero-order valence-electron chi connectivity index (χ0n) is 23.8. The van der Waals surface area contributed by atoms with Crippen LogP contribution in [0.3, 0.4) is 0 Å². The second kappa shape index (κ2) is 13.5. The third-order valence-corrected chi connectivity index (χ3v) is 6.04. The number of pyridine rings is 2. The van der Waals surface area contributed by atoms with Crippen molar-refractivity contribution in [1.82, 2.24) is 29.7 Å². The molecule has 0 bridgehead atoms. The van der Waals surface area contributed by atoms with Crippen molar-refractivity contribution in [1.29, 1.82) is 0 Å². The lowest BCUT2D eigenvalue weighted by Gasteiger charge is -2.17. The predicted octanol–water partition coefficient (Wildman–Crippen LogP) is 2.76. The van der Waals surface area contributed by atoms with Gasteiger partial charge in [-0.3, -0.25) is 19.4 Å². The van der Waals surface area contributed by atoms with Crippen LogP contribution in [0.5, 0.6) is 0 Å². The molecule has 0 aromatic carbocycles. The lowest BCUT2D eigenvalue weighted by atomic mass is 10.1. The number of anilines is 1. The van der Waals surface area contributed by atoms with E-state index in [9.17, 15) is 19.2 Å². The van der Waals surface area contributed by atoms with Crippen LogP contribution >= 0.6 is 0 Å². The number of methoxy groups -OCH3 is 1. The number of nitrogens with one attached hydrogen (secondary N) is 3. The largest absolute Gasteiger partial charge is 0.453 e. The monoisotopic (exact) mass is 551 g/mol. The van der Waals surface area contributed by atoms with Gasteiger partial charge in [-0.2, -0.15) is 0 Å². The molecule has 1 unspecified atom stereocenters. The number of H-pyrrole nitrogens is 1. The Hall–Kier alpha value is -4.48. The number of hydrogen-bond donors (Lipinski definition) is 3. The number of aromatic amines is 1. The van der Waals surface area contributed by atoms with E-state index < -0.39 is 23.6 Å². The third kappa shape index (κ3) is 8.01. The summed E-state index contributed by atoms with van der Waals surface area (Å²) in [6.07, 6.45) is 5.14. The second-order valence-electron chi connectivity index (χ2n) is 10.1. The predicted molar refractivity (Wildman–Crippen MR) is 152 cm³/mol. The first-order valence-electron chi connectivity index (χ1n) is 13.1. The molecule has 0 saturated carbocycles. The number of alkyl carbamates (subject to hydrolysis) is 1. The smallest absolute Gasteiger partial charge is 0.407 e. The minimum absolute atomic E-state index is 0.0524. The highest BCUT2D eigenvalue weighted by Crippen LogP contribution is 2.19. The van der Waals surface area contributed by atoms with Crippen molar-refractivity contribution in [3.8, 4) is 0 Å². The molecule has 0 aliphatic carbocycles. The molecule has 0 aliphatic rings. The van der Waals surface area contributed by atoms with E-state index in [2.05, 4.69) is 39.2 Å². The minimum atomic E-state index is -0.995. The molecule has 0 fully saturated rings. The highest BCUT2D eigenvalue weighted by molar-refractivity contribution is 5.96. The highest BCUT2D eigenvalue weighted by Gasteiger charge is 2.22. The van der Waals surface area contributed by atoms with Gasteiger partial charge in [0.05, 0.1) is 24.9 Å². The Labute approximate surface area is 232 Å². The van der Waals surface area contributed by atoms with Gasteiger partial charge in [0.25, 0.3) is 5.56 Å². The molecule has 0 saturated heterocycles. The molecule has 12 heteroatoms. The standard InChI is InChI=1S/C28H37N7O5/c1-17(2)14-21-25-22(15-18(3)29-21)30-23(33-25)16-35-13-9-11-20(27(35)38)31-26(37)19(32-28(39)40-6)10-7-8-12-24(36)34(4)5/h8-9,11-13,15,17,19H,7,10,14,16H2,1-6H3,(H,30,33)(H,31,37)(H,32,39)/b12-8+. The molecule has 3 amide bonds. The average molecular weight is 552 g/mol. The number of aromatic nitrogens is 4. The Morgan fingerprint density at radius 1 is 1.23 bits per heavy atom. The normalized spacial score (nSPS) is 12.1. The summed E-state index contributed by atoms with van der Waals surface area (Å²) in [5.41, 5.74) is 3.05. The second-order valence-corrected chi connectivity index (χ2v) is 10.1. The van der Waals surface area contributed by atoms with Gasteiger partial charge in [0, 0.05) is 26.0 Å². The number of carbonyl (C=O) groups is 3. The topological polar surface area (TPSA) is 151 Å². The Morgan fingerprint density at radius 3 is 2.65 bits per heavy atom. The molecule has 3 aromatic heterocycles. The molecular formula is C28H37N7O5. The van der Waals surface area contributed by atoms with E-state index in [1.165, 1.54) is 28.7 Å². The van der Waals surface area contributed by atoms with E-state index in [1.807, 2.05) is 13.0 Å². The van der Waals surface area contributed by atoms with Gasteiger partial charge in [0.15, 0.2) is 0 Å². The first kappa shape index (κ1) is 30.1. The molecule has 0 spiro atoms. The van der Waals surface area contributed by atoms with Gasteiger partial charge in [0.1, 0.15) is 23.1 Å². The number of hydrogen-bond acceptors (Lipinski definition) is 7. The molecule has 3 heterocycles. The van der Waals surface area contributed by atoms with Crippen LogP contribution in [0.1, 0.15) is 43.9 Å². The van der Waals surface area contributed by atoms with E-state index in [0.717, 1.165) is 28.8 Å². The van der Waals surface area contributed by atoms with Gasteiger partial charge in [-0.05, 0) is 56.4 Å². The SMILES string of the molecule is COC(=O)NC(CC/C=C/C(=O)N(C)C)C(=O)Nc1cccn(Cc2nc3c(CC(C)C)nc(C)cc3[nH]2)c1=O. The first-order chi connectivity index (χ1) is 19.0. The number of ether oxygens (including phenoxy) is 1. The number of fused-ring (bicyclic) bond motifs is 1. The Kier molecular flexibility index (Phi) is 10.2. The van der Waals surface area contributed by atoms with Crippen LogP contribution in [0, 0.1) is 12.8 Å². The van der Waals surface area contributed by atoms with Crippen molar-refractivity contribution in [3.63, 3.8) is 0 Å². The van der Waals surface area contributed by atoms with Crippen LogP contribution < -0.4 is 16.2 Å². The quantitative estimate of drug-likeness (QED) is 0.310. The van der Waals surface area contributed by atoms with Crippen molar-refractivity contribution in [2.24, 2.45) is 5.92 Å². The van der Waals surface area contributed by atoms with Crippen LogP contribution in [0.2, 0.25) is 0 Å². The maximum absolute atomic E-state index is 13.2. The number of imidazole rings is 1. The van der Waals surface area contributed by atoms with Crippen LogP contribution in [0.25, 0.3) is 11.0 Å². The minimum Gasteiger partial charge on any atom is -0.453 e. The van der Waals surface area contributed by atoms with E-state index in [0.29, 0.717) is 18.2 Å². The van der Waals surface area contributed by atoms with Crippen molar-refractivity contribution in [3.05, 3.63) is 64.1 Å². The molecule has 3 rings (SSSR count). The van der Waals surface area contributed by atoms with E-state index in [1.54, 1.807) is 32.4 Å². The fourth-order valence-corrected chi connectivity index (χ4v) is 4.08. The van der Waals surface area contributed by atoms with Crippen LogP contribution in [0.15, 0.2) is 41.3 Å². The Bertz CT molecular complexity index is 1450. The fraction of sp³-hybridized carbons (Fsp3) is 0.429. The molecular weight excluding hydrogens is 514 g/mol. The van der Waals surface area contributed by atoms with Crippen molar-refractivity contribution < 1.29 is 19.1 Å². The number of nitrogens with zero attached hydrogens (tertiary/aromatic N) is 4. The van der Waals surface area contributed by atoms with E-state index in [4.69, 9.17) is 4.98 Å². The molecule has 3 N–H and O–H groups in total. The number of aryl methyl sites for hydroxylation is 1. The van der Waals surface area contributed by atoms with Crippen molar-refractivity contribution in [2.75, 3.05) is 26.5 Å². The summed E-state index contributed by atoms with van der Waals surface area (Å²) in [5, 5.41) is 5.09. The number of amides is 3. The van der Waals surface area contributed by atoms with Gasteiger partial charge < -0.3 is 29.8 Å². The van der Waals surface area contributed by atoms with Crippen molar-refractivity contribution >= 4 is 34.6 Å². The highest BCUT2D eigenvalue weighted by atomic mass is 16.5. The summed E-state index contributed by atoms with van der Waals surface area (Å²) in [7, 11) is 4.45. The third-order valence-electron chi connectivity index (χ3n) is 6.04. The van der Waals surface area contributed by atoms with Crippen molar-refractivity contribution in [2.45, 2.75) is 52.6 Å². The number of likely N-dealkylation sites (N-methyl/N-ethyl adjacent to an activating group) is 1. The zero-order chi connectivity index (χ0) is 29.4. The van der Waals surface area contributed by atoms with Gasteiger partial charge in [-0.25, -0.2) is 9.78 Å². The number of carbonyl (C=O) groups excluding carboxylic acids is 3. The first-order valence-corrected chi connectivity index (χ1v) is 13.1. The summed E-state index contributed by atoms with van der Waals surface area (Å²) in [4.78, 5) is 63.9. The van der Waals surface area contributed by atoms with Gasteiger partial charge >= 0.3 is 6.09 Å². The maximum Gasteiger partial charge on any atom is 0.407 e. The maximum atomic E-state index is 13.2. The van der Waals surface area contributed by atoms with Crippen LogP contribution in [-0.4, -0.2) is 69.6 Å².